The smallest absolute Gasteiger partial charge is 0.197 e. The van der Waals surface area contributed by atoms with E-state index in [4.69, 9.17) is 9.57 Å². The van der Waals surface area contributed by atoms with E-state index < -0.39 is 0 Å². The number of rotatable bonds is 4. The first-order chi connectivity index (χ1) is 9.83. The van der Waals surface area contributed by atoms with Crippen LogP contribution in [0.15, 0.2) is 53.3 Å². The van der Waals surface area contributed by atoms with E-state index in [9.17, 15) is 4.79 Å². The molecule has 2 aromatic carbocycles. The molecule has 0 saturated heterocycles. The first-order valence-corrected chi connectivity index (χ1v) is 6.47. The molecule has 102 valence electrons. The topological polar surface area (TPSA) is 40.5 Å². The van der Waals surface area contributed by atoms with E-state index in [-0.39, 0.29) is 5.43 Å². The Balaban J connectivity index is 2.31. The van der Waals surface area contributed by atoms with Gasteiger partial charge in [0.1, 0.15) is 6.61 Å². The van der Waals surface area contributed by atoms with Gasteiger partial charge in [-0.3, -0.25) is 4.79 Å². The zero-order valence-corrected chi connectivity index (χ0v) is 11.2. The summed E-state index contributed by atoms with van der Waals surface area (Å²) in [5, 5.41) is 1.31. The Morgan fingerprint density at radius 1 is 0.900 bits per heavy atom. The maximum absolute atomic E-state index is 12.5. The Hall–Kier alpha value is -2.33. The van der Waals surface area contributed by atoms with E-state index in [1.165, 1.54) is 0 Å². The van der Waals surface area contributed by atoms with Gasteiger partial charge < -0.3 is 9.57 Å². The van der Waals surface area contributed by atoms with E-state index in [1.54, 1.807) is 11.8 Å². The van der Waals surface area contributed by atoms with Gasteiger partial charge in [0.05, 0.1) is 17.6 Å². The maximum Gasteiger partial charge on any atom is 0.197 e. The zero-order valence-electron chi connectivity index (χ0n) is 11.2. The number of methoxy groups -OCH3 is 1. The minimum absolute atomic E-state index is 0.0304. The molecular formula is C16H15NO3. The first-order valence-electron chi connectivity index (χ1n) is 6.47. The average molecular weight is 269 g/mol. The van der Waals surface area contributed by atoms with Gasteiger partial charge in [0.15, 0.2) is 5.43 Å². The van der Waals surface area contributed by atoms with Crippen LogP contribution in [-0.2, 0) is 4.74 Å². The summed E-state index contributed by atoms with van der Waals surface area (Å²) in [6.45, 7) is 0.919. The van der Waals surface area contributed by atoms with Crippen molar-refractivity contribution < 1.29 is 9.57 Å². The Morgan fingerprint density at radius 2 is 1.45 bits per heavy atom. The normalized spacial score (nSPS) is 11.1. The Bertz CT molecular complexity index is 748. The maximum atomic E-state index is 12.5. The van der Waals surface area contributed by atoms with Crippen LogP contribution in [0.2, 0.25) is 0 Å². The van der Waals surface area contributed by atoms with E-state index in [0.717, 1.165) is 11.0 Å². The Kier molecular flexibility index (Phi) is 3.39. The molecule has 0 amide bonds. The highest BCUT2D eigenvalue weighted by Crippen LogP contribution is 2.17. The van der Waals surface area contributed by atoms with Gasteiger partial charge in [-0.05, 0) is 24.3 Å². The van der Waals surface area contributed by atoms with Gasteiger partial charge in [-0.1, -0.05) is 24.3 Å². The number of pyridine rings is 1. The van der Waals surface area contributed by atoms with Gasteiger partial charge in [-0.15, -0.1) is 0 Å². The summed E-state index contributed by atoms with van der Waals surface area (Å²) in [6, 6.07) is 14.9. The lowest BCUT2D eigenvalue weighted by atomic mass is 10.1. The summed E-state index contributed by atoms with van der Waals surface area (Å²) < 4.78 is 6.72. The first kappa shape index (κ1) is 12.7. The number of hydrogen-bond donors (Lipinski definition) is 0. The van der Waals surface area contributed by atoms with Crippen molar-refractivity contribution in [3.8, 4) is 0 Å². The van der Waals surface area contributed by atoms with E-state index >= 15 is 0 Å². The van der Waals surface area contributed by atoms with Gasteiger partial charge in [-0.25, -0.2) is 0 Å². The number of hydrogen-bond acceptors (Lipinski definition) is 3. The second-order valence-electron chi connectivity index (χ2n) is 4.48. The van der Waals surface area contributed by atoms with Crippen LogP contribution in [0.4, 0.5) is 0 Å². The average Bonchev–Trinajstić information content (AvgIpc) is 2.51. The third kappa shape index (κ3) is 2.04. The van der Waals surface area contributed by atoms with Crippen molar-refractivity contribution in [1.29, 1.82) is 0 Å². The molecule has 0 spiro atoms. The summed E-state index contributed by atoms with van der Waals surface area (Å²) in [5.41, 5.74) is 1.57. The standard InChI is InChI=1S/C16H15NO3/c1-19-10-11-20-17-14-8-4-2-6-12(14)16(18)13-7-3-5-9-15(13)17/h2-9H,10-11H2,1H3. The molecule has 0 radical (unpaired) electrons. The molecule has 0 bridgehead atoms. The molecule has 1 heterocycles. The molecule has 0 aliphatic rings. The highest BCUT2D eigenvalue weighted by Gasteiger charge is 2.10. The van der Waals surface area contributed by atoms with Gasteiger partial charge >= 0.3 is 0 Å². The number of ether oxygens (including phenoxy) is 1. The van der Waals surface area contributed by atoms with Crippen LogP contribution in [0.25, 0.3) is 21.8 Å². The second-order valence-corrected chi connectivity index (χ2v) is 4.48. The molecule has 4 heteroatoms. The molecule has 3 aromatic rings. The number of fused-ring (bicyclic) bond motifs is 2. The van der Waals surface area contributed by atoms with Gasteiger partial charge in [-0.2, -0.15) is 4.73 Å². The van der Waals surface area contributed by atoms with Gasteiger partial charge in [0.2, 0.25) is 0 Å². The van der Waals surface area contributed by atoms with Crippen LogP contribution in [-0.4, -0.2) is 25.1 Å². The molecule has 0 aliphatic carbocycles. The quantitative estimate of drug-likeness (QED) is 0.538. The van der Waals surface area contributed by atoms with Crippen LogP contribution in [0.3, 0.4) is 0 Å². The highest BCUT2D eigenvalue weighted by molar-refractivity contribution is 5.92. The van der Waals surface area contributed by atoms with Crippen molar-refractivity contribution >= 4 is 21.8 Å². The number of aromatic nitrogens is 1. The molecule has 4 nitrogen and oxygen atoms in total. The number of para-hydroxylation sites is 2. The van der Waals surface area contributed by atoms with Crippen molar-refractivity contribution in [2.24, 2.45) is 0 Å². The van der Waals surface area contributed by atoms with Crippen molar-refractivity contribution in [1.82, 2.24) is 4.73 Å². The largest absolute Gasteiger partial charge is 0.411 e. The number of nitrogens with zero attached hydrogens (tertiary/aromatic N) is 1. The monoisotopic (exact) mass is 269 g/mol. The molecule has 0 unspecified atom stereocenters. The molecule has 20 heavy (non-hydrogen) atoms. The van der Waals surface area contributed by atoms with Crippen molar-refractivity contribution in [3.63, 3.8) is 0 Å². The van der Waals surface area contributed by atoms with E-state index in [0.29, 0.717) is 24.0 Å². The lowest BCUT2D eigenvalue weighted by molar-refractivity contribution is 0.0689. The lowest BCUT2D eigenvalue weighted by Gasteiger charge is -2.15. The Labute approximate surface area is 116 Å². The van der Waals surface area contributed by atoms with Crippen LogP contribution >= 0.6 is 0 Å². The van der Waals surface area contributed by atoms with E-state index in [2.05, 4.69) is 0 Å². The summed E-state index contributed by atoms with van der Waals surface area (Å²) in [6.07, 6.45) is 0. The molecule has 0 atom stereocenters. The minimum atomic E-state index is 0.0304. The number of benzene rings is 2. The van der Waals surface area contributed by atoms with E-state index in [1.807, 2.05) is 48.5 Å². The molecule has 0 N–H and O–H groups in total. The molecule has 1 aromatic heterocycles. The predicted molar refractivity (Wildman–Crippen MR) is 79.0 cm³/mol. The third-order valence-corrected chi connectivity index (χ3v) is 3.24. The molecular weight excluding hydrogens is 254 g/mol. The van der Waals surface area contributed by atoms with Crippen molar-refractivity contribution in [3.05, 3.63) is 58.8 Å². The SMILES string of the molecule is COCCOn1c2ccccc2c(=O)c2ccccc21. The summed E-state index contributed by atoms with van der Waals surface area (Å²) in [7, 11) is 1.63. The fourth-order valence-corrected chi connectivity index (χ4v) is 2.31. The van der Waals surface area contributed by atoms with Crippen LogP contribution in [0.5, 0.6) is 0 Å². The van der Waals surface area contributed by atoms with Gasteiger partial charge in [0.25, 0.3) is 0 Å². The van der Waals surface area contributed by atoms with Crippen LogP contribution in [0, 0.1) is 0 Å². The highest BCUT2D eigenvalue weighted by atomic mass is 16.7. The second kappa shape index (κ2) is 5.35. The van der Waals surface area contributed by atoms with Crippen molar-refractivity contribution in [2.75, 3.05) is 20.3 Å². The summed E-state index contributed by atoms with van der Waals surface area (Å²) >= 11 is 0. The van der Waals surface area contributed by atoms with Crippen molar-refractivity contribution in [2.45, 2.75) is 0 Å². The molecule has 0 fully saturated rings. The lowest BCUT2D eigenvalue weighted by Crippen LogP contribution is -2.20. The fourth-order valence-electron chi connectivity index (χ4n) is 2.31. The molecule has 3 rings (SSSR count). The zero-order chi connectivity index (χ0) is 13.9. The molecule has 0 saturated carbocycles. The predicted octanol–water partition coefficient (Wildman–Crippen LogP) is 2.23. The minimum Gasteiger partial charge on any atom is -0.411 e. The summed E-state index contributed by atoms with van der Waals surface area (Å²) in [4.78, 5) is 18.3. The Morgan fingerprint density at radius 3 is 2.00 bits per heavy atom. The van der Waals surface area contributed by atoms with Crippen LogP contribution < -0.4 is 10.3 Å². The molecule has 0 aliphatic heterocycles. The van der Waals surface area contributed by atoms with Gasteiger partial charge in [0, 0.05) is 17.9 Å². The fraction of sp³-hybridized carbons (Fsp3) is 0.188. The van der Waals surface area contributed by atoms with Crippen LogP contribution in [0.1, 0.15) is 0 Å². The summed E-state index contributed by atoms with van der Waals surface area (Å²) in [5.74, 6) is 0. The third-order valence-electron chi connectivity index (χ3n) is 3.24.